The van der Waals surface area contributed by atoms with Crippen LogP contribution in [0.25, 0.3) is 0 Å². The van der Waals surface area contributed by atoms with Crippen LogP contribution in [-0.2, 0) is 19.6 Å². The third-order valence-electron chi connectivity index (χ3n) is 4.77. The summed E-state index contributed by atoms with van der Waals surface area (Å²) in [4.78, 5) is 24.6. The average Bonchev–Trinajstić information content (AvgIpc) is 2.85. The number of hydrogen-bond donors (Lipinski definition) is 2. The molecule has 35 heavy (non-hydrogen) atoms. The first-order valence-corrected chi connectivity index (χ1v) is 11.8. The highest BCUT2D eigenvalue weighted by Gasteiger charge is 2.24. The molecule has 182 valence electrons. The second-order valence-electron chi connectivity index (χ2n) is 7.25. The Labute approximate surface area is 203 Å². The summed E-state index contributed by atoms with van der Waals surface area (Å²) in [7, 11) is -0.869. The number of amides is 1. The SMILES string of the molecule is COc1ccc(NS(=O)(=O)c2ccc(NC(=O)C(N=Nc3ccccc3OC)C(C)=O)cc2)cc1. The minimum Gasteiger partial charge on any atom is -0.497 e. The first-order valence-electron chi connectivity index (χ1n) is 10.4. The van der Waals surface area contributed by atoms with E-state index in [0.29, 0.717) is 22.9 Å². The van der Waals surface area contributed by atoms with Gasteiger partial charge in [-0.2, -0.15) is 10.2 Å². The monoisotopic (exact) mass is 496 g/mol. The standard InChI is InChI=1S/C24H24N4O6S/c1-16(29)23(27-26-21-6-4-5-7-22(21)34-3)24(30)25-17-10-14-20(15-11-17)35(31,32)28-18-8-12-19(33-2)13-9-18/h4-15,23,28H,1-3H3,(H,25,30). The maximum atomic E-state index is 12.6. The van der Waals surface area contributed by atoms with Crippen LogP contribution < -0.4 is 19.5 Å². The highest BCUT2D eigenvalue weighted by Crippen LogP contribution is 2.27. The van der Waals surface area contributed by atoms with Gasteiger partial charge in [0.1, 0.15) is 17.2 Å². The second-order valence-corrected chi connectivity index (χ2v) is 8.93. The Morgan fingerprint density at radius 1 is 0.857 bits per heavy atom. The topological polar surface area (TPSA) is 136 Å². The summed E-state index contributed by atoms with van der Waals surface area (Å²) >= 11 is 0. The molecular formula is C24H24N4O6S. The van der Waals surface area contributed by atoms with Gasteiger partial charge in [0.2, 0.25) is 6.04 Å². The number of azo groups is 1. The number of rotatable bonds is 10. The lowest BCUT2D eigenvalue weighted by atomic mass is 10.2. The molecule has 0 spiro atoms. The molecule has 0 aliphatic rings. The lowest BCUT2D eigenvalue weighted by molar-refractivity contribution is -0.126. The summed E-state index contributed by atoms with van der Waals surface area (Å²) in [5, 5.41) is 10.4. The molecule has 3 aromatic rings. The van der Waals surface area contributed by atoms with E-state index in [1.807, 2.05) is 0 Å². The van der Waals surface area contributed by atoms with Crippen molar-refractivity contribution in [2.24, 2.45) is 10.2 Å². The summed E-state index contributed by atoms with van der Waals surface area (Å²) < 4.78 is 38.0. The van der Waals surface area contributed by atoms with E-state index in [0.717, 1.165) is 0 Å². The number of para-hydroxylation sites is 1. The molecule has 1 unspecified atom stereocenters. The van der Waals surface area contributed by atoms with Crippen molar-refractivity contribution in [1.29, 1.82) is 0 Å². The molecule has 1 atom stereocenters. The largest absolute Gasteiger partial charge is 0.497 e. The summed E-state index contributed by atoms with van der Waals surface area (Å²) in [5.74, 6) is -0.175. The molecule has 3 aromatic carbocycles. The van der Waals surface area contributed by atoms with Crippen LogP contribution in [0.5, 0.6) is 11.5 Å². The third-order valence-corrected chi connectivity index (χ3v) is 6.17. The summed E-state index contributed by atoms with van der Waals surface area (Å²) in [5.41, 5.74) is 1.03. The highest BCUT2D eigenvalue weighted by molar-refractivity contribution is 7.92. The van der Waals surface area contributed by atoms with Crippen molar-refractivity contribution in [1.82, 2.24) is 0 Å². The van der Waals surface area contributed by atoms with Crippen LogP contribution in [-0.4, -0.2) is 40.4 Å². The van der Waals surface area contributed by atoms with Crippen LogP contribution in [0.4, 0.5) is 17.1 Å². The summed E-state index contributed by atoms with van der Waals surface area (Å²) in [6, 6.07) is 17.3. The molecule has 0 aromatic heterocycles. The number of carbonyl (C=O) groups excluding carboxylic acids is 2. The zero-order chi connectivity index (χ0) is 25.4. The predicted molar refractivity (Wildman–Crippen MR) is 131 cm³/mol. The van der Waals surface area contributed by atoms with Gasteiger partial charge in [-0.25, -0.2) is 8.42 Å². The van der Waals surface area contributed by atoms with E-state index in [2.05, 4.69) is 20.3 Å². The van der Waals surface area contributed by atoms with E-state index >= 15 is 0 Å². The molecule has 0 heterocycles. The van der Waals surface area contributed by atoms with Crippen LogP contribution in [0.2, 0.25) is 0 Å². The van der Waals surface area contributed by atoms with Crippen molar-refractivity contribution < 1.29 is 27.5 Å². The lowest BCUT2D eigenvalue weighted by Crippen LogP contribution is -2.31. The Bertz CT molecular complexity index is 1320. The third kappa shape index (κ3) is 6.64. The predicted octanol–water partition coefficient (Wildman–Crippen LogP) is 4.18. The van der Waals surface area contributed by atoms with Crippen molar-refractivity contribution in [2.45, 2.75) is 17.9 Å². The Morgan fingerprint density at radius 2 is 1.49 bits per heavy atom. The number of Topliss-reactive ketones (excluding diaryl/α,β-unsaturated/α-hetero) is 1. The number of hydrogen-bond acceptors (Lipinski definition) is 8. The number of anilines is 2. The molecule has 0 radical (unpaired) electrons. The second kappa shape index (κ2) is 11.3. The molecule has 0 aliphatic heterocycles. The lowest BCUT2D eigenvalue weighted by Gasteiger charge is -2.11. The van der Waals surface area contributed by atoms with Crippen LogP contribution in [0.1, 0.15) is 6.92 Å². The fourth-order valence-electron chi connectivity index (χ4n) is 2.95. The zero-order valence-corrected chi connectivity index (χ0v) is 20.1. The highest BCUT2D eigenvalue weighted by atomic mass is 32.2. The molecule has 0 aliphatic carbocycles. The summed E-state index contributed by atoms with van der Waals surface area (Å²) in [6.45, 7) is 1.23. The molecule has 10 nitrogen and oxygen atoms in total. The van der Waals surface area contributed by atoms with Gasteiger partial charge in [-0.3, -0.25) is 14.3 Å². The van der Waals surface area contributed by atoms with Gasteiger partial charge in [0.15, 0.2) is 5.78 Å². The van der Waals surface area contributed by atoms with Gasteiger partial charge >= 0.3 is 0 Å². The number of nitrogens with one attached hydrogen (secondary N) is 2. The molecular weight excluding hydrogens is 472 g/mol. The molecule has 11 heteroatoms. The van der Waals surface area contributed by atoms with Gasteiger partial charge in [-0.15, -0.1) is 0 Å². The summed E-state index contributed by atoms with van der Waals surface area (Å²) in [6.07, 6.45) is 0. The fourth-order valence-corrected chi connectivity index (χ4v) is 4.01. The number of methoxy groups -OCH3 is 2. The Hall–Kier alpha value is -4.25. The Kier molecular flexibility index (Phi) is 8.16. The maximum absolute atomic E-state index is 12.6. The molecule has 0 saturated heterocycles. The first-order chi connectivity index (χ1) is 16.7. The molecule has 1 amide bonds. The van der Waals surface area contributed by atoms with Gasteiger partial charge < -0.3 is 14.8 Å². The van der Waals surface area contributed by atoms with Crippen LogP contribution in [0.15, 0.2) is 87.9 Å². The fraction of sp³-hybridized carbons (Fsp3) is 0.167. The van der Waals surface area contributed by atoms with Crippen molar-refractivity contribution in [3.63, 3.8) is 0 Å². The number of sulfonamides is 1. The molecule has 3 rings (SSSR count). The minimum atomic E-state index is -3.86. The Balaban J connectivity index is 1.70. The van der Waals surface area contributed by atoms with E-state index in [9.17, 15) is 18.0 Å². The van der Waals surface area contributed by atoms with Gasteiger partial charge in [-0.05, 0) is 67.6 Å². The molecule has 0 fully saturated rings. The Morgan fingerprint density at radius 3 is 2.09 bits per heavy atom. The smallest absolute Gasteiger partial charge is 0.261 e. The maximum Gasteiger partial charge on any atom is 0.261 e. The van der Waals surface area contributed by atoms with E-state index in [1.165, 1.54) is 45.4 Å². The van der Waals surface area contributed by atoms with Gasteiger partial charge in [0, 0.05) is 11.4 Å². The van der Waals surface area contributed by atoms with Gasteiger partial charge in [0.25, 0.3) is 15.9 Å². The van der Waals surface area contributed by atoms with E-state index in [4.69, 9.17) is 9.47 Å². The average molecular weight is 497 g/mol. The van der Waals surface area contributed by atoms with E-state index < -0.39 is 27.8 Å². The molecule has 0 bridgehead atoms. The molecule has 0 saturated carbocycles. The van der Waals surface area contributed by atoms with Crippen LogP contribution in [0.3, 0.4) is 0 Å². The van der Waals surface area contributed by atoms with Crippen LogP contribution >= 0.6 is 0 Å². The van der Waals surface area contributed by atoms with Crippen LogP contribution in [0, 0.1) is 0 Å². The number of carbonyl (C=O) groups is 2. The van der Waals surface area contributed by atoms with Gasteiger partial charge in [-0.1, -0.05) is 12.1 Å². The number of benzene rings is 3. The van der Waals surface area contributed by atoms with Crippen molar-refractivity contribution in [2.75, 3.05) is 24.3 Å². The number of ketones is 1. The zero-order valence-electron chi connectivity index (χ0n) is 19.3. The van der Waals surface area contributed by atoms with Crippen molar-refractivity contribution >= 4 is 38.8 Å². The van der Waals surface area contributed by atoms with E-state index in [1.54, 1.807) is 48.5 Å². The normalized spacial score (nSPS) is 12.1. The molecule has 2 N–H and O–H groups in total. The van der Waals surface area contributed by atoms with Crippen molar-refractivity contribution in [3.8, 4) is 11.5 Å². The van der Waals surface area contributed by atoms with E-state index in [-0.39, 0.29) is 10.6 Å². The number of ether oxygens (including phenoxy) is 2. The number of nitrogens with zero attached hydrogens (tertiary/aromatic N) is 2. The minimum absolute atomic E-state index is 0.00899. The quantitative estimate of drug-likeness (QED) is 0.319. The van der Waals surface area contributed by atoms with Gasteiger partial charge in [0.05, 0.1) is 19.1 Å². The van der Waals surface area contributed by atoms with Crippen molar-refractivity contribution in [3.05, 3.63) is 72.8 Å². The first kappa shape index (κ1) is 25.4.